The lowest BCUT2D eigenvalue weighted by atomic mass is 10.1. The van der Waals surface area contributed by atoms with Gasteiger partial charge in [0.25, 0.3) is 0 Å². The van der Waals surface area contributed by atoms with E-state index >= 15 is 0 Å². The lowest BCUT2D eigenvalue weighted by Crippen LogP contribution is -2.30. The number of anilines is 1. The zero-order chi connectivity index (χ0) is 16.1. The molecule has 0 aliphatic heterocycles. The van der Waals surface area contributed by atoms with Crippen LogP contribution >= 0.6 is 11.6 Å². The van der Waals surface area contributed by atoms with Gasteiger partial charge in [-0.3, -0.25) is 4.79 Å². The smallest absolute Gasteiger partial charge is 0.238 e. The summed E-state index contributed by atoms with van der Waals surface area (Å²) in [7, 11) is 0. The molecular formula is C16H15ClF2N2O. The first kappa shape index (κ1) is 16.4. The van der Waals surface area contributed by atoms with Crippen molar-refractivity contribution in [2.24, 2.45) is 0 Å². The molecule has 22 heavy (non-hydrogen) atoms. The van der Waals surface area contributed by atoms with Gasteiger partial charge in [0.05, 0.1) is 6.54 Å². The van der Waals surface area contributed by atoms with Gasteiger partial charge in [0.1, 0.15) is 0 Å². The average molecular weight is 325 g/mol. The van der Waals surface area contributed by atoms with Crippen molar-refractivity contribution in [2.75, 3.05) is 11.9 Å². The number of halogens is 3. The number of hydrogen-bond donors (Lipinski definition) is 2. The lowest BCUT2D eigenvalue weighted by molar-refractivity contribution is -0.115. The first-order valence-corrected chi connectivity index (χ1v) is 7.07. The summed E-state index contributed by atoms with van der Waals surface area (Å²) >= 11 is 5.82. The summed E-state index contributed by atoms with van der Waals surface area (Å²) in [4.78, 5) is 11.8. The number of hydrogen-bond acceptors (Lipinski definition) is 2. The van der Waals surface area contributed by atoms with Crippen molar-refractivity contribution in [3.8, 4) is 0 Å². The van der Waals surface area contributed by atoms with Gasteiger partial charge in [0.2, 0.25) is 5.91 Å². The Kier molecular flexibility index (Phi) is 5.46. The van der Waals surface area contributed by atoms with Crippen molar-refractivity contribution >= 4 is 23.2 Å². The molecule has 2 aromatic carbocycles. The van der Waals surface area contributed by atoms with E-state index < -0.39 is 11.6 Å². The Labute approximate surface area is 132 Å². The third kappa shape index (κ3) is 4.51. The molecular weight excluding hydrogens is 310 g/mol. The number of benzene rings is 2. The van der Waals surface area contributed by atoms with Crippen LogP contribution in [-0.4, -0.2) is 12.5 Å². The van der Waals surface area contributed by atoms with Crippen LogP contribution in [0.1, 0.15) is 18.5 Å². The molecule has 2 N–H and O–H groups in total. The minimum absolute atomic E-state index is 0.0444. The number of amides is 1. The number of nitrogens with one attached hydrogen (secondary N) is 2. The Bertz CT molecular complexity index is 662. The average Bonchev–Trinajstić information content (AvgIpc) is 2.49. The fraction of sp³-hybridized carbons (Fsp3) is 0.188. The van der Waals surface area contributed by atoms with Crippen molar-refractivity contribution in [3.05, 3.63) is 64.7 Å². The molecule has 116 valence electrons. The van der Waals surface area contributed by atoms with Crippen LogP contribution in [0.2, 0.25) is 5.02 Å². The summed E-state index contributed by atoms with van der Waals surface area (Å²) in [5.41, 5.74) is 1.20. The molecule has 0 saturated heterocycles. The zero-order valence-electron chi connectivity index (χ0n) is 11.9. The monoisotopic (exact) mass is 324 g/mol. The Morgan fingerprint density at radius 1 is 1.14 bits per heavy atom. The second-order valence-electron chi connectivity index (χ2n) is 4.83. The topological polar surface area (TPSA) is 41.1 Å². The molecule has 1 atom stereocenters. The van der Waals surface area contributed by atoms with Gasteiger partial charge in [-0.05, 0) is 36.8 Å². The van der Waals surface area contributed by atoms with Crippen LogP contribution in [0.4, 0.5) is 14.5 Å². The van der Waals surface area contributed by atoms with E-state index in [9.17, 15) is 13.6 Å². The molecule has 3 nitrogen and oxygen atoms in total. The SMILES string of the molecule is C[C@@H](NCC(=O)Nc1ccc(F)c(F)c1)c1ccc(Cl)cc1. The van der Waals surface area contributed by atoms with E-state index in [0.29, 0.717) is 5.02 Å². The van der Waals surface area contributed by atoms with Crippen LogP contribution < -0.4 is 10.6 Å². The van der Waals surface area contributed by atoms with Gasteiger partial charge >= 0.3 is 0 Å². The van der Waals surface area contributed by atoms with Gasteiger partial charge in [-0.15, -0.1) is 0 Å². The lowest BCUT2D eigenvalue weighted by Gasteiger charge is -2.14. The molecule has 0 radical (unpaired) electrons. The first-order valence-electron chi connectivity index (χ1n) is 6.69. The summed E-state index contributed by atoms with van der Waals surface area (Å²) in [6.45, 7) is 1.96. The summed E-state index contributed by atoms with van der Waals surface area (Å²) in [6, 6.07) is 10.4. The summed E-state index contributed by atoms with van der Waals surface area (Å²) in [6.07, 6.45) is 0. The van der Waals surface area contributed by atoms with Crippen molar-refractivity contribution in [1.29, 1.82) is 0 Å². The Hall–Kier alpha value is -1.98. The molecule has 0 aliphatic rings. The van der Waals surface area contributed by atoms with Crippen LogP contribution in [0.15, 0.2) is 42.5 Å². The van der Waals surface area contributed by atoms with Crippen LogP contribution in [0.3, 0.4) is 0 Å². The second kappa shape index (κ2) is 7.33. The molecule has 0 spiro atoms. The molecule has 0 unspecified atom stereocenters. The predicted octanol–water partition coefficient (Wildman–Crippen LogP) is 3.91. The highest BCUT2D eigenvalue weighted by atomic mass is 35.5. The van der Waals surface area contributed by atoms with E-state index in [4.69, 9.17) is 11.6 Å². The zero-order valence-corrected chi connectivity index (χ0v) is 12.6. The first-order chi connectivity index (χ1) is 10.5. The van der Waals surface area contributed by atoms with Crippen molar-refractivity contribution in [3.63, 3.8) is 0 Å². The van der Waals surface area contributed by atoms with Gasteiger partial charge in [-0.2, -0.15) is 0 Å². The maximum absolute atomic E-state index is 13.0. The van der Waals surface area contributed by atoms with E-state index in [2.05, 4.69) is 10.6 Å². The van der Waals surface area contributed by atoms with Gasteiger partial charge in [-0.25, -0.2) is 8.78 Å². The third-order valence-corrected chi connectivity index (χ3v) is 3.39. The molecule has 0 aliphatic carbocycles. The molecule has 0 heterocycles. The number of carbonyl (C=O) groups is 1. The summed E-state index contributed by atoms with van der Waals surface area (Å²) in [5.74, 6) is -2.29. The van der Waals surface area contributed by atoms with Gasteiger partial charge < -0.3 is 10.6 Å². The highest BCUT2D eigenvalue weighted by Crippen LogP contribution is 2.16. The fourth-order valence-corrected chi connectivity index (χ4v) is 2.02. The van der Waals surface area contributed by atoms with Crippen LogP contribution in [-0.2, 0) is 4.79 Å². The molecule has 0 saturated carbocycles. The maximum atomic E-state index is 13.0. The predicted molar refractivity (Wildman–Crippen MR) is 82.9 cm³/mol. The van der Waals surface area contributed by atoms with Gasteiger partial charge in [0.15, 0.2) is 11.6 Å². The number of carbonyl (C=O) groups excluding carboxylic acids is 1. The van der Waals surface area contributed by atoms with Crippen LogP contribution in [0.5, 0.6) is 0 Å². The second-order valence-corrected chi connectivity index (χ2v) is 5.27. The quantitative estimate of drug-likeness (QED) is 0.875. The minimum atomic E-state index is -1.000. The highest BCUT2D eigenvalue weighted by Gasteiger charge is 2.09. The summed E-state index contributed by atoms with van der Waals surface area (Å²) < 4.78 is 25.8. The fourth-order valence-electron chi connectivity index (χ4n) is 1.89. The molecule has 0 fully saturated rings. The van der Waals surface area contributed by atoms with Crippen molar-refractivity contribution in [2.45, 2.75) is 13.0 Å². The molecule has 2 rings (SSSR count). The van der Waals surface area contributed by atoms with Gasteiger partial charge in [-0.1, -0.05) is 23.7 Å². The molecule has 0 bridgehead atoms. The molecule has 1 amide bonds. The van der Waals surface area contributed by atoms with E-state index in [1.807, 2.05) is 19.1 Å². The van der Waals surface area contributed by atoms with Gasteiger partial charge in [0, 0.05) is 22.8 Å². The number of rotatable bonds is 5. The largest absolute Gasteiger partial charge is 0.325 e. The molecule has 0 aromatic heterocycles. The van der Waals surface area contributed by atoms with Crippen molar-refractivity contribution in [1.82, 2.24) is 5.32 Å². The van der Waals surface area contributed by atoms with Crippen LogP contribution in [0.25, 0.3) is 0 Å². The molecule has 2 aromatic rings. The Morgan fingerprint density at radius 3 is 2.45 bits per heavy atom. The molecule has 6 heteroatoms. The third-order valence-electron chi connectivity index (χ3n) is 3.14. The van der Waals surface area contributed by atoms with Crippen LogP contribution in [0, 0.1) is 11.6 Å². The van der Waals surface area contributed by atoms with E-state index in [-0.39, 0.29) is 24.2 Å². The van der Waals surface area contributed by atoms with Crippen molar-refractivity contribution < 1.29 is 13.6 Å². The highest BCUT2D eigenvalue weighted by molar-refractivity contribution is 6.30. The van der Waals surface area contributed by atoms with E-state index in [0.717, 1.165) is 17.7 Å². The summed E-state index contributed by atoms with van der Waals surface area (Å²) in [5, 5.41) is 6.18. The normalized spacial score (nSPS) is 12.0. The standard InChI is InChI=1S/C16H15ClF2N2O/c1-10(11-2-4-12(17)5-3-11)20-9-16(22)21-13-6-7-14(18)15(19)8-13/h2-8,10,20H,9H2,1H3,(H,21,22)/t10-/m1/s1. The van der Waals surface area contributed by atoms with E-state index in [1.54, 1.807) is 12.1 Å². The minimum Gasteiger partial charge on any atom is -0.325 e. The Morgan fingerprint density at radius 2 is 1.82 bits per heavy atom. The van der Waals surface area contributed by atoms with E-state index in [1.165, 1.54) is 6.07 Å². The Balaban J connectivity index is 1.86. The maximum Gasteiger partial charge on any atom is 0.238 e.